The summed E-state index contributed by atoms with van der Waals surface area (Å²) in [5, 5.41) is 0. The first kappa shape index (κ1) is 11.4. The normalized spacial score (nSPS) is 19.8. The lowest BCUT2D eigenvalue weighted by Crippen LogP contribution is -2.37. The summed E-state index contributed by atoms with van der Waals surface area (Å²) in [4.78, 5) is 6.79. The zero-order chi connectivity index (χ0) is 11.6. The van der Waals surface area contributed by atoms with Gasteiger partial charge in [0.05, 0.1) is 0 Å². The number of hydrogen-bond donors (Lipinski definition) is 1. The number of nitrogens with two attached hydrogens (primary N) is 1. The Morgan fingerprint density at radius 3 is 2.69 bits per heavy atom. The lowest BCUT2D eigenvalue weighted by Gasteiger charge is -2.37. The molecule has 1 aromatic heterocycles. The third kappa shape index (κ3) is 2.53. The van der Waals surface area contributed by atoms with E-state index in [0.29, 0.717) is 12.0 Å². The van der Waals surface area contributed by atoms with E-state index < -0.39 is 0 Å². The Kier molecular flexibility index (Phi) is 3.15. The number of hydrogen-bond acceptors (Lipinski definition) is 3. The fourth-order valence-electron chi connectivity index (χ4n) is 2.10. The maximum Gasteiger partial charge on any atom is 0.128 e. The largest absolute Gasteiger partial charge is 0.357 e. The maximum absolute atomic E-state index is 5.65. The number of piperidine rings is 1. The van der Waals surface area contributed by atoms with Crippen LogP contribution in [0.2, 0.25) is 0 Å². The number of rotatable bonds is 2. The highest BCUT2D eigenvalue weighted by molar-refractivity contribution is 5.41. The molecule has 88 valence electrons. The van der Waals surface area contributed by atoms with E-state index >= 15 is 0 Å². The molecule has 2 N–H and O–H groups in total. The molecule has 1 aliphatic rings. The number of anilines is 1. The van der Waals surface area contributed by atoms with Crippen molar-refractivity contribution in [3.05, 3.63) is 23.9 Å². The Labute approximate surface area is 97.7 Å². The molecule has 2 rings (SSSR count). The highest BCUT2D eigenvalue weighted by Gasteiger charge is 2.25. The van der Waals surface area contributed by atoms with Gasteiger partial charge in [-0.25, -0.2) is 4.98 Å². The fraction of sp³-hybridized carbons (Fsp3) is 0.615. The fourth-order valence-corrected chi connectivity index (χ4v) is 2.10. The summed E-state index contributed by atoms with van der Waals surface area (Å²) in [7, 11) is 0. The predicted octanol–water partition coefficient (Wildman–Crippen LogP) is 2.17. The van der Waals surface area contributed by atoms with Crippen LogP contribution in [-0.4, -0.2) is 18.1 Å². The van der Waals surface area contributed by atoms with Gasteiger partial charge in [-0.05, 0) is 36.0 Å². The summed E-state index contributed by atoms with van der Waals surface area (Å²) < 4.78 is 0. The Morgan fingerprint density at radius 2 is 2.06 bits per heavy atom. The van der Waals surface area contributed by atoms with Crippen molar-refractivity contribution in [1.82, 2.24) is 4.98 Å². The molecule has 0 amide bonds. The molecule has 1 aromatic rings. The highest BCUT2D eigenvalue weighted by Crippen LogP contribution is 2.31. The maximum atomic E-state index is 5.65. The van der Waals surface area contributed by atoms with Crippen molar-refractivity contribution in [3.63, 3.8) is 0 Å². The molecule has 2 heterocycles. The lowest BCUT2D eigenvalue weighted by molar-refractivity contribution is 0.279. The second kappa shape index (κ2) is 4.42. The summed E-state index contributed by atoms with van der Waals surface area (Å²) in [5.41, 5.74) is 7.29. The van der Waals surface area contributed by atoms with Gasteiger partial charge >= 0.3 is 0 Å². The molecule has 1 saturated heterocycles. The molecule has 3 nitrogen and oxygen atoms in total. The molecular formula is C13H21N3. The molecule has 0 spiro atoms. The molecule has 1 fully saturated rings. The summed E-state index contributed by atoms with van der Waals surface area (Å²) in [6, 6.07) is 4.09. The molecule has 0 aromatic carbocycles. The van der Waals surface area contributed by atoms with Crippen molar-refractivity contribution in [2.75, 3.05) is 18.0 Å². The van der Waals surface area contributed by atoms with Crippen LogP contribution in [0.15, 0.2) is 18.3 Å². The molecule has 0 radical (unpaired) electrons. The first-order chi connectivity index (χ1) is 7.61. The smallest absolute Gasteiger partial charge is 0.128 e. The minimum absolute atomic E-state index is 0.488. The molecule has 0 bridgehead atoms. The second-order valence-corrected chi connectivity index (χ2v) is 5.38. The van der Waals surface area contributed by atoms with Gasteiger partial charge in [0.25, 0.3) is 0 Å². The van der Waals surface area contributed by atoms with E-state index in [-0.39, 0.29) is 0 Å². The van der Waals surface area contributed by atoms with E-state index in [1.807, 2.05) is 12.3 Å². The van der Waals surface area contributed by atoms with Crippen LogP contribution in [0.5, 0.6) is 0 Å². The first-order valence-corrected chi connectivity index (χ1v) is 6.01. The molecule has 3 heteroatoms. The van der Waals surface area contributed by atoms with Gasteiger partial charge in [-0.3, -0.25) is 0 Å². The first-order valence-electron chi connectivity index (χ1n) is 6.01. The summed E-state index contributed by atoms with van der Waals surface area (Å²) in [6.07, 6.45) is 4.33. The average Bonchev–Trinajstić information content (AvgIpc) is 2.29. The van der Waals surface area contributed by atoms with Crippen LogP contribution in [0.25, 0.3) is 0 Å². The molecule has 0 atom stereocenters. The number of aromatic nitrogens is 1. The van der Waals surface area contributed by atoms with Crippen LogP contribution >= 0.6 is 0 Å². The van der Waals surface area contributed by atoms with Crippen molar-refractivity contribution < 1.29 is 0 Å². The van der Waals surface area contributed by atoms with Crippen LogP contribution in [-0.2, 0) is 6.54 Å². The van der Waals surface area contributed by atoms with Crippen LogP contribution in [0, 0.1) is 5.41 Å². The molecular weight excluding hydrogens is 198 g/mol. The Hall–Kier alpha value is -1.09. The summed E-state index contributed by atoms with van der Waals surface area (Å²) in [6.45, 7) is 7.49. The van der Waals surface area contributed by atoms with Crippen LogP contribution in [0.4, 0.5) is 5.82 Å². The lowest BCUT2D eigenvalue weighted by atomic mass is 9.83. The van der Waals surface area contributed by atoms with Crippen LogP contribution < -0.4 is 10.6 Å². The zero-order valence-electron chi connectivity index (χ0n) is 10.2. The average molecular weight is 219 g/mol. The number of pyridine rings is 1. The van der Waals surface area contributed by atoms with Crippen LogP contribution in [0.1, 0.15) is 32.3 Å². The Balaban J connectivity index is 2.08. The Morgan fingerprint density at radius 1 is 1.38 bits per heavy atom. The van der Waals surface area contributed by atoms with Crippen molar-refractivity contribution in [3.8, 4) is 0 Å². The predicted molar refractivity (Wildman–Crippen MR) is 67.4 cm³/mol. The van der Waals surface area contributed by atoms with Gasteiger partial charge in [0, 0.05) is 25.8 Å². The number of nitrogens with zero attached hydrogens (tertiary/aromatic N) is 2. The molecule has 0 aliphatic carbocycles. The topological polar surface area (TPSA) is 42.1 Å². The van der Waals surface area contributed by atoms with Gasteiger partial charge in [0.2, 0.25) is 0 Å². The van der Waals surface area contributed by atoms with E-state index in [0.717, 1.165) is 24.5 Å². The highest BCUT2D eigenvalue weighted by atomic mass is 15.2. The second-order valence-electron chi connectivity index (χ2n) is 5.38. The monoisotopic (exact) mass is 219 g/mol. The summed E-state index contributed by atoms with van der Waals surface area (Å²) >= 11 is 0. The zero-order valence-corrected chi connectivity index (χ0v) is 10.2. The minimum Gasteiger partial charge on any atom is -0.357 e. The van der Waals surface area contributed by atoms with E-state index in [4.69, 9.17) is 5.73 Å². The van der Waals surface area contributed by atoms with E-state index in [9.17, 15) is 0 Å². The van der Waals surface area contributed by atoms with E-state index in [1.165, 1.54) is 12.8 Å². The van der Waals surface area contributed by atoms with Crippen molar-refractivity contribution in [1.29, 1.82) is 0 Å². The van der Waals surface area contributed by atoms with Gasteiger partial charge in [-0.2, -0.15) is 0 Å². The quantitative estimate of drug-likeness (QED) is 0.829. The van der Waals surface area contributed by atoms with Gasteiger partial charge < -0.3 is 10.6 Å². The standard InChI is InChI=1S/C13H21N3/c1-13(2)4-7-16(8-5-13)12-9-11(10-14)3-6-15-12/h3,6,9H,4-5,7-8,10,14H2,1-2H3. The molecule has 0 saturated carbocycles. The van der Waals surface area contributed by atoms with Gasteiger partial charge in [-0.15, -0.1) is 0 Å². The van der Waals surface area contributed by atoms with Crippen molar-refractivity contribution in [2.24, 2.45) is 11.1 Å². The molecule has 1 aliphatic heterocycles. The van der Waals surface area contributed by atoms with Crippen LogP contribution in [0.3, 0.4) is 0 Å². The summed E-state index contributed by atoms with van der Waals surface area (Å²) in [5.74, 6) is 1.08. The van der Waals surface area contributed by atoms with Crippen molar-refractivity contribution in [2.45, 2.75) is 33.2 Å². The van der Waals surface area contributed by atoms with E-state index in [1.54, 1.807) is 0 Å². The van der Waals surface area contributed by atoms with Gasteiger partial charge in [0.15, 0.2) is 0 Å². The van der Waals surface area contributed by atoms with E-state index in [2.05, 4.69) is 29.8 Å². The molecule has 16 heavy (non-hydrogen) atoms. The molecule has 0 unspecified atom stereocenters. The SMILES string of the molecule is CC1(C)CCN(c2cc(CN)ccn2)CC1. The van der Waals surface area contributed by atoms with Gasteiger partial charge in [0.1, 0.15) is 5.82 Å². The minimum atomic E-state index is 0.488. The third-order valence-corrected chi connectivity index (χ3v) is 3.49. The van der Waals surface area contributed by atoms with Gasteiger partial charge in [-0.1, -0.05) is 13.8 Å². The Bertz CT molecular complexity index is 350. The third-order valence-electron chi connectivity index (χ3n) is 3.49. The van der Waals surface area contributed by atoms with Crippen molar-refractivity contribution >= 4 is 5.82 Å².